The highest BCUT2D eigenvalue weighted by molar-refractivity contribution is 5.94. The Morgan fingerprint density at radius 1 is 1.16 bits per heavy atom. The number of likely N-dealkylation sites (N-methyl/N-ethyl adjacent to an activating group) is 1. The zero-order chi connectivity index (χ0) is 26.6. The number of fused-ring (bicyclic) bond motifs is 1. The Morgan fingerprint density at radius 3 is 2.61 bits per heavy atom. The number of carbonyl (C=O) groups excluding carboxylic acids is 1. The van der Waals surface area contributed by atoms with E-state index in [0.717, 1.165) is 38.4 Å². The van der Waals surface area contributed by atoms with E-state index in [1.807, 2.05) is 24.0 Å². The van der Waals surface area contributed by atoms with Gasteiger partial charge >= 0.3 is 5.97 Å². The van der Waals surface area contributed by atoms with Gasteiger partial charge in [-0.3, -0.25) is 19.5 Å². The van der Waals surface area contributed by atoms with Crippen LogP contribution in [-0.2, 0) is 11.3 Å². The summed E-state index contributed by atoms with van der Waals surface area (Å²) in [5, 5.41) is 13.1. The van der Waals surface area contributed by atoms with Gasteiger partial charge in [0.05, 0.1) is 37.8 Å². The fourth-order valence-corrected chi connectivity index (χ4v) is 4.34. The summed E-state index contributed by atoms with van der Waals surface area (Å²) < 4.78 is 8.30. The lowest BCUT2D eigenvalue weighted by molar-refractivity contribution is 0.0328. The van der Waals surface area contributed by atoms with E-state index in [-0.39, 0.29) is 22.9 Å². The number of amides is 1. The van der Waals surface area contributed by atoms with Crippen molar-refractivity contribution in [1.29, 1.82) is 0 Å². The molecule has 1 saturated heterocycles. The molecule has 1 amide bonds. The summed E-state index contributed by atoms with van der Waals surface area (Å²) in [7, 11) is 0. The summed E-state index contributed by atoms with van der Waals surface area (Å²) in [4.78, 5) is 52.2. The second-order valence-electron chi connectivity index (χ2n) is 8.95. The maximum Gasteiger partial charge on any atom is 0.338 e. The fraction of sp³-hybridized carbons (Fsp3) is 0.360. The number of ether oxygens (including phenoxy) is 1. The SMILES string of the molecule is CCN(CCN1CCOCC1)C(=O)c1ccc(Cn2cnc3c(=O)[nH]c(-n4cc(C(=O)O)cn4)nc32)cc1. The summed E-state index contributed by atoms with van der Waals surface area (Å²) in [5.41, 5.74) is 1.50. The second-order valence-corrected chi connectivity index (χ2v) is 8.95. The van der Waals surface area contributed by atoms with Gasteiger partial charge in [0.2, 0.25) is 5.95 Å². The number of nitrogens with one attached hydrogen (secondary N) is 1. The van der Waals surface area contributed by atoms with Crippen molar-refractivity contribution in [2.75, 3.05) is 45.9 Å². The molecule has 13 nitrogen and oxygen atoms in total. The molecule has 2 N–H and O–H groups in total. The Labute approximate surface area is 217 Å². The molecular weight excluding hydrogens is 492 g/mol. The van der Waals surface area contributed by atoms with Crippen molar-refractivity contribution in [1.82, 2.24) is 39.1 Å². The van der Waals surface area contributed by atoms with Crippen LogP contribution in [0.5, 0.6) is 0 Å². The average molecular weight is 521 g/mol. The van der Waals surface area contributed by atoms with Crippen LogP contribution in [0.1, 0.15) is 33.2 Å². The van der Waals surface area contributed by atoms with Crippen LogP contribution in [0, 0.1) is 0 Å². The lowest BCUT2D eigenvalue weighted by Gasteiger charge is -2.29. The highest BCUT2D eigenvalue weighted by atomic mass is 16.5. The van der Waals surface area contributed by atoms with Crippen molar-refractivity contribution in [3.05, 3.63) is 70.0 Å². The minimum absolute atomic E-state index is 0.0156. The minimum Gasteiger partial charge on any atom is -0.478 e. The molecule has 38 heavy (non-hydrogen) atoms. The number of H-pyrrole nitrogens is 1. The van der Waals surface area contributed by atoms with Gasteiger partial charge in [0.15, 0.2) is 11.2 Å². The molecule has 0 saturated carbocycles. The molecule has 0 bridgehead atoms. The first kappa shape index (κ1) is 25.3. The van der Waals surface area contributed by atoms with Crippen molar-refractivity contribution in [3.63, 3.8) is 0 Å². The molecular formula is C25H28N8O5. The van der Waals surface area contributed by atoms with Crippen molar-refractivity contribution < 1.29 is 19.4 Å². The molecule has 0 spiro atoms. The number of benzene rings is 1. The number of aromatic amines is 1. The van der Waals surface area contributed by atoms with Crippen LogP contribution in [0.25, 0.3) is 17.1 Å². The second kappa shape index (κ2) is 10.9. The number of rotatable bonds is 9. The van der Waals surface area contributed by atoms with Crippen LogP contribution in [0.4, 0.5) is 0 Å². The molecule has 0 atom stereocenters. The summed E-state index contributed by atoms with van der Waals surface area (Å²) in [5.74, 6) is -1.07. The molecule has 1 aliphatic heterocycles. The highest BCUT2D eigenvalue weighted by Gasteiger charge is 2.18. The number of carbonyl (C=O) groups is 2. The van der Waals surface area contributed by atoms with Crippen molar-refractivity contribution in [3.8, 4) is 5.95 Å². The number of aromatic nitrogens is 6. The quantitative estimate of drug-likeness (QED) is 0.327. The Hall–Kier alpha value is -4.36. The first-order chi connectivity index (χ1) is 18.4. The zero-order valence-electron chi connectivity index (χ0n) is 20.9. The predicted molar refractivity (Wildman–Crippen MR) is 137 cm³/mol. The Bertz CT molecular complexity index is 1500. The number of hydrogen-bond acceptors (Lipinski definition) is 8. The lowest BCUT2D eigenvalue weighted by atomic mass is 10.1. The van der Waals surface area contributed by atoms with E-state index < -0.39 is 11.5 Å². The molecule has 0 unspecified atom stereocenters. The van der Waals surface area contributed by atoms with Crippen LogP contribution < -0.4 is 5.56 Å². The Morgan fingerprint density at radius 2 is 1.92 bits per heavy atom. The molecule has 1 fully saturated rings. The first-order valence-electron chi connectivity index (χ1n) is 12.3. The highest BCUT2D eigenvalue weighted by Crippen LogP contribution is 2.14. The summed E-state index contributed by atoms with van der Waals surface area (Å²) in [6.07, 6.45) is 3.96. The van der Waals surface area contributed by atoms with E-state index in [1.165, 1.54) is 23.4 Å². The van der Waals surface area contributed by atoms with E-state index >= 15 is 0 Å². The van der Waals surface area contributed by atoms with Gasteiger partial charge in [-0.25, -0.2) is 14.5 Å². The molecule has 1 aromatic carbocycles. The van der Waals surface area contributed by atoms with Crippen LogP contribution in [-0.4, -0.2) is 102 Å². The maximum atomic E-state index is 13.1. The first-order valence-corrected chi connectivity index (χ1v) is 12.3. The van der Waals surface area contributed by atoms with Gasteiger partial charge in [0, 0.05) is 44.5 Å². The smallest absolute Gasteiger partial charge is 0.338 e. The van der Waals surface area contributed by atoms with Crippen LogP contribution >= 0.6 is 0 Å². The molecule has 198 valence electrons. The Balaban J connectivity index is 1.30. The van der Waals surface area contributed by atoms with Crippen LogP contribution in [0.3, 0.4) is 0 Å². The normalized spacial score (nSPS) is 14.1. The molecule has 3 aromatic heterocycles. The lowest BCUT2D eigenvalue weighted by Crippen LogP contribution is -2.43. The molecule has 5 rings (SSSR count). The summed E-state index contributed by atoms with van der Waals surface area (Å²) in [6.45, 7) is 7.68. The van der Waals surface area contributed by atoms with Gasteiger partial charge in [-0.2, -0.15) is 10.1 Å². The topological polar surface area (TPSA) is 151 Å². The molecule has 4 heterocycles. The number of carboxylic acids is 1. The van der Waals surface area contributed by atoms with Crippen LogP contribution in [0.2, 0.25) is 0 Å². The number of morpholine rings is 1. The third kappa shape index (κ3) is 5.33. The zero-order valence-corrected chi connectivity index (χ0v) is 20.9. The van der Waals surface area contributed by atoms with E-state index in [0.29, 0.717) is 30.8 Å². The maximum absolute atomic E-state index is 13.1. The van der Waals surface area contributed by atoms with E-state index in [4.69, 9.17) is 9.84 Å². The largest absolute Gasteiger partial charge is 0.478 e. The third-order valence-corrected chi connectivity index (χ3v) is 6.52. The van der Waals surface area contributed by atoms with E-state index in [9.17, 15) is 14.4 Å². The molecule has 4 aromatic rings. The van der Waals surface area contributed by atoms with Gasteiger partial charge in [0.1, 0.15) is 0 Å². The third-order valence-electron chi connectivity index (χ3n) is 6.52. The standard InChI is InChI=1S/C25H28N8O5/c1-2-31(8-7-30-9-11-38-12-10-30)23(35)18-5-3-17(4-6-18)14-32-16-26-20-21(32)28-25(29-22(20)34)33-15-19(13-27-33)24(36)37/h3-6,13,15-16H,2,7-12,14H2,1H3,(H,36,37)(H,28,29,34). The predicted octanol–water partition coefficient (Wildman–Crippen LogP) is 0.846. The summed E-state index contributed by atoms with van der Waals surface area (Å²) >= 11 is 0. The van der Waals surface area contributed by atoms with Gasteiger partial charge in [-0.15, -0.1) is 0 Å². The average Bonchev–Trinajstić information content (AvgIpc) is 3.58. The molecule has 0 aliphatic carbocycles. The van der Waals surface area contributed by atoms with Gasteiger partial charge < -0.3 is 19.3 Å². The van der Waals surface area contributed by atoms with E-state index in [2.05, 4.69) is 25.0 Å². The number of carboxylic acid groups (broad SMARTS) is 1. The monoisotopic (exact) mass is 520 g/mol. The fourth-order valence-electron chi connectivity index (χ4n) is 4.34. The Kier molecular flexibility index (Phi) is 7.29. The van der Waals surface area contributed by atoms with Crippen molar-refractivity contribution in [2.24, 2.45) is 0 Å². The molecule has 1 aliphatic rings. The molecule has 0 radical (unpaired) electrons. The number of imidazole rings is 1. The van der Waals surface area contributed by atoms with Crippen molar-refractivity contribution >= 4 is 23.0 Å². The number of hydrogen-bond donors (Lipinski definition) is 2. The van der Waals surface area contributed by atoms with Crippen molar-refractivity contribution in [2.45, 2.75) is 13.5 Å². The van der Waals surface area contributed by atoms with Gasteiger partial charge in [-0.05, 0) is 24.6 Å². The molecule has 13 heteroatoms. The number of aromatic carboxylic acids is 1. The van der Waals surface area contributed by atoms with Gasteiger partial charge in [-0.1, -0.05) is 12.1 Å². The van der Waals surface area contributed by atoms with Crippen LogP contribution in [0.15, 0.2) is 47.8 Å². The summed E-state index contributed by atoms with van der Waals surface area (Å²) in [6, 6.07) is 7.35. The van der Waals surface area contributed by atoms with E-state index in [1.54, 1.807) is 16.7 Å². The minimum atomic E-state index is -1.13. The van der Waals surface area contributed by atoms with Gasteiger partial charge in [0.25, 0.3) is 11.5 Å². The number of nitrogens with zero attached hydrogens (tertiary/aromatic N) is 7.